The number of rotatable bonds is 10. The van der Waals surface area contributed by atoms with Gasteiger partial charge in [0.05, 0.1) is 0 Å². The summed E-state index contributed by atoms with van der Waals surface area (Å²) in [5.41, 5.74) is 8.54. The van der Waals surface area contributed by atoms with Gasteiger partial charge in [-0.05, 0) is 194 Å². The van der Waals surface area contributed by atoms with Gasteiger partial charge in [0.1, 0.15) is 0 Å². The predicted molar refractivity (Wildman–Crippen MR) is 242 cm³/mol. The first-order valence-electron chi connectivity index (χ1n) is 25.5. The first-order chi connectivity index (χ1) is 26.0. The van der Waals surface area contributed by atoms with Gasteiger partial charge in [-0.15, -0.1) is 0 Å². The van der Waals surface area contributed by atoms with Crippen LogP contribution in [0.1, 0.15) is 200 Å². The van der Waals surface area contributed by atoms with Crippen LogP contribution in [0.3, 0.4) is 0 Å². The van der Waals surface area contributed by atoms with Crippen LogP contribution in [0, 0.1) is 124 Å². The molecule has 0 radical (unpaired) electrons. The molecule has 0 heteroatoms. The molecule has 0 saturated heterocycles. The second kappa shape index (κ2) is 18.4. The number of hydrogen-bond acceptors (Lipinski definition) is 0. The highest BCUT2D eigenvalue weighted by Gasteiger charge is 2.55. The molecule has 5 fully saturated rings. The topological polar surface area (TPSA) is 0 Å². The Balaban J connectivity index is 1.76. The fourth-order valence-electron chi connectivity index (χ4n) is 15.8. The van der Waals surface area contributed by atoms with Crippen LogP contribution in [0.2, 0.25) is 0 Å². The van der Waals surface area contributed by atoms with Gasteiger partial charge in [-0.2, -0.15) is 0 Å². The molecule has 6 rings (SSSR count). The second-order valence-electron chi connectivity index (χ2n) is 24.4. The van der Waals surface area contributed by atoms with E-state index in [9.17, 15) is 0 Å². The third kappa shape index (κ3) is 9.15. The van der Waals surface area contributed by atoms with Gasteiger partial charge < -0.3 is 0 Å². The summed E-state index contributed by atoms with van der Waals surface area (Å²) >= 11 is 0. The summed E-state index contributed by atoms with van der Waals surface area (Å²) in [6.07, 6.45) is 21.9. The molecule has 15 atom stereocenters. The van der Waals surface area contributed by atoms with Gasteiger partial charge in [0, 0.05) is 5.92 Å². The average Bonchev–Trinajstić information content (AvgIpc) is 3.46. The van der Waals surface area contributed by atoms with Crippen LogP contribution in [0.15, 0.2) is 22.3 Å². The van der Waals surface area contributed by atoms with Crippen molar-refractivity contribution in [3.8, 4) is 0 Å². The summed E-state index contributed by atoms with van der Waals surface area (Å²) in [5.74, 6) is 17.0. The van der Waals surface area contributed by atoms with Crippen molar-refractivity contribution in [2.24, 2.45) is 124 Å². The SMILES string of the molecule is CC1CCC(C(C)C)C(C2=C(C3CC(C)CCC3C(C)C)C(C3CC(C)CCC3C(C)C)C(C3CC(C)CCC3C(C)C)=C2C2CC(C)CCC2C(C)C)C1. The summed E-state index contributed by atoms with van der Waals surface area (Å²) < 4.78 is 0. The Morgan fingerprint density at radius 1 is 0.309 bits per heavy atom. The lowest BCUT2D eigenvalue weighted by molar-refractivity contribution is 0.0839. The van der Waals surface area contributed by atoms with E-state index in [4.69, 9.17) is 0 Å². The Labute approximate surface area is 345 Å². The van der Waals surface area contributed by atoms with Crippen LogP contribution in [0.25, 0.3) is 0 Å². The lowest BCUT2D eigenvalue weighted by atomic mass is 9.55. The third-order valence-electron chi connectivity index (χ3n) is 18.7. The first kappa shape index (κ1) is 44.0. The molecule has 0 spiro atoms. The Kier molecular flexibility index (Phi) is 14.7. The van der Waals surface area contributed by atoms with Crippen molar-refractivity contribution in [2.75, 3.05) is 0 Å². The fraction of sp³-hybridized carbons (Fsp3) is 0.927. The van der Waals surface area contributed by atoms with E-state index >= 15 is 0 Å². The van der Waals surface area contributed by atoms with Crippen LogP contribution >= 0.6 is 0 Å². The summed E-state index contributed by atoms with van der Waals surface area (Å²) in [5, 5.41) is 0. The molecular formula is C55H96. The van der Waals surface area contributed by atoms with Crippen molar-refractivity contribution in [1.82, 2.24) is 0 Å². The highest BCUT2D eigenvalue weighted by atomic mass is 14.6. The highest BCUT2D eigenvalue weighted by Crippen LogP contribution is 2.65. The maximum absolute atomic E-state index is 2.67. The zero-order chi connectivity index (χ0) is 40.0. The van der Waals surface area contributed by atoms with Gasteiger partial charge in [-0.25, -0.2) is 0 Å². The molecule has 0 aromatic rings. The minimum Gasteiger partial charge on any atom is -0.0625 e. The van der Waals surface area contributed by atoms with Crippen LogP contribution in [0.5, 0.6) is 0 Å². The smallest absolute Gasteiger partial charge is 0.00559 e. The van der Waals surface area contributed by atoms with Crippen LogP contribution in [-0.2, 0) is 0 Å². The summed E-state index contributed by atoms with van der Waals surface area (Å²) in [4.78, 5) is 0. The van der Waals surface area contributed by atoms with E-state index in [1.807, 2.05) is 0 Å². The molecule has 6 aliphatic rings. The maximum atomic E-state index is 2.67. The number of allylic oxidation sites excluding steroid dienone is 4. The monoisotopic (exact) mass is 757 g/mol. The lowest BCUT2D eigenvalue weighted by Gasteiger charge is -2.49. The third-order valence-corrected chi connectivity index (χ3v) is 18.7. The van der Waals surface area contributed by atoms with E-state index in [1.165, 1.54) is 96.3 Å². The van der Waals surface area contributed by atoms with Crippen molar-refractivity contribution in [1.29, 1.82) is 0 Å². The van der Waals surface area contributed by atoms with Crippen molar-refractivity contribution in [3.63, 3.8) is 0 Å². The van der Waals surface area contributed by atoms with Gasteiger partial charge in [-0.3, -0.25) is 0 Å². The summed E-state index contributed by atoms with van der Waals surface area (Å²) in [6.45, 7) is 39.7. The van der Waals surface area contributed by atoms with E-state index in [0.29, 0.717) is 5.92 Å². The molecule has 0 N–H and O–H groups in total. The molecule has 0 aromatic carbocycles. The molecule has 0 amide bonds. The largest absolute Gasteiger partial charge is 0.0625 e. The summed E-state index contributed by atoms with van der Waals surface area (Å²) in [7, 11) is 0. The first-order valence-corrected chi connectivity index (χ1v) is 25.5. The van der Waals surface area contributed by atoms with Gasteiger partial charge in [0.25, 0.3) is 0 Å². The molecular weight excluding hydrogens is 661 g/mol. The quantitative estimate of drug-likeness (QED) is 0.208. The van der Waals surface area contributed by atoms with Crippen LogP contribution in [0.4, 0.5) is 0 Å². The zero-order valence-electron chi connectivity index (χ0n) is 39.7. The minimum absolute atomic E-state index is 0.711. The summed E-state index contributed by atoms with van der Waals surface area (Å²) in [6, 6.07) is 0. The van der Waals surface area contributed by atoms with E-state index in [1.54, 1.807) is 0 Å². The molecule has 0 heterocycles. The molecule has 316 valence electrons. The normalized spacial score (nSPS) is 43.9. The van der Waals surface area contributed by atoms with Gasteiger partial charge >= 0.3 is 0 Å². The molecule has 15 unspecified atom stereocenters. The average molecular weight is 757 g/mol. The Morgan fingerprint density at radius 2 is 0.564 bits per heavy atom. The van der Waals surface area contributed by atoms with E-state index in [-0.39, 0.29) is 0 Å². The van der Waals surface area contributed by atoms with Crippen molar-refractivity contribution < 1.29 is 0 Å². The van der Waals surface area contributed by atoms with E-state index < -0.39 is 0 Å². The van der Waals surface area contributed by atoms with Gasteiger partial charge in [0.2, 0.25) is 0 Å². The molecule has 0 aromatic heterocycles. The Morgan fingerprint density at radius 3 is 0.873 bits per heavy atom. The van der Waals surface area contributed by atoms with Gasteiger partial charge in [-0.1, -0.05) is 147 Å². The zero-order valence-corrected chi connectivity index (χ0v) is 39.7. The van der Waals surface area contributed by atoms with Crippen LogP contribution in [-0.4, -0.2) is 0 Å². The van der Waals surface area contributed by atoms with Crippen LogP contribution < -0.4 is 0 Å². The molecule has 0 aliphatic heterocycles. The maximum Gasteiger partial charge on any atom is 0.00559 e. The highest BCUT2D eigenvalue weighted by molar-refractivity contribution is 5.56. The van der Waals surface area contributed by atoms with E-state index in [0.717, 1.165) is 118 Å². The number of hydrogen-bond donors (Lipinski definition) is 0. The van der Waals surface area contributed by atoms with Crippen molar-refractivity contribution in [2.45, 2.75) is 200 Å². The standard InChI is InChI=1S/C55H96/c1-31(2)41-21-16-36(11)26-46(41)51-52(47-27-37(12)17-22-42(47)32(3)4)54(49-29-39(14)19-24-44(49)34(7)8)55(50-30-40(15)20-25-45(50)35(9)10)53(51)48-28-38(13)18-23-43(48)33(5)6/h31-51H,16-30H2,1-15H3. The van der Waals surface area contributed by atoms with E-state index in [2.05, 4.69) is 126 Å². The minimum atomic E-state index is 0.711. The molecule has 0 bridgehead atoms. The van der Waals surface area contributed by atoms with Gasteiger partial charge in [0.15, 0.2) is 0 Å². The van der Waals surface area contributed by atoms with Crippen molar-refractivity contribution >= 4 is 0 Å². The Bertz CT molecular complexity index is 1220. The fourth-order valence-corrected chi connectivity index (χ4v) is 15.8. The molecule has 55 heavy (non-hydrogen) atoms. The van der Waals surface area contributed by atoms with Crippen molar-refractivity contribution in [3.05, 3.63) is 22.3 Å². The lowest BCUT2D eigenvalue weighted by Crippen LogP contribution is -2.41. The Hall–Kier alpha value is -0.520. The molecule has 5 saturated carbocycles. The molecule has 0 nitrogen and oxygen atoms in total. The second-order valence-corrected chi connectivity index (χ2v) is 24.4. The molecule has 6 aliphatic carbocycles. The predicted octanol–water partition coefficient (Wildman–Crippen LogP) is 16.8.